The van der Waals surface area contributed by atoms with Gasteiger partial charge in [-0.2, -0.15) is 27.8 Å². The van der Waals surface area contributed by atoms with E-state index in [2.05, 4.69) is 21.5 Å². The minimum Gasteiger partial charge on any atom is -0.338 e. The average Bonchev–Trinajstić information content (AvgIpc) is 3.28. The Kier molecular flexibility index (Phi) is 5.60. The summed E-state index contributed by atoms with van der Waals surface area (Å²) in [4.78, 5) is 15.1. The van der Waals surface area contributed by atoms with Gasteiger partial charge in [-0.05, 0) is 42.7 Å². The van der Waals surface area contributed by atoms with Crippen molar-refractivity contribution in [3.8, 4) is 6.07 Å². The maximum atomic E-state index is 12.9. The summed E-state index contributed by atoms with van der Waals surface area (Å²) in [7, 11) is -4.25. The lowest BCUT2D eigenvalue weighted by molar-refractivity contribution is -0.136. The number of H-pyrrole nitrogens is 1. The van der Waals surface area contributed by atoms with Crippen LogP contribution in [0.15, 0.2) is 40.2 Å². The molecule has 0 radical (unpaired) electrons. The molecule has 3 heterocycles. The molecule has 2 atom stereocenters. The van der Waals surface area contributed by atoms with Gasteiger partial charge >= 0.3 is 6.18 Å². The van der Waals surface area contributed by atoms with E-state index >= 15 is 0 Å². The maximum absolute atomic E-state index is 12.9. The third kappa shape index (κ3) is 4.17. The topological polar surface area (TPSA) is 124 Å². The van der Waals surface area contributed by atoms with Gasteiger partial charge in [-0.1, -0.05) is 12.8 Å². The number of anilines is 2. The van der Waals surface area contributed by atoms with Gasteiger partial charge in [0.1, 0.15) is 11.9 Å². The van der Waals surface area contributed by atoms with Crippen molar-refractivity contribution in [2.75, 3.05) is 11.9 Å². The fourth-order valence-corrected chi connectivity index (χ4v) is 6.52. The van der Waals surface area contributed by atoms with Gasteiger partial charge in [0.25, 0.3) is 5.56 Å². The molecule has 1 aliphatic carbocycles. The summed E-state index contributed by atoms with van der Waals surface area (Å²) in [6, 6.07) is 7.97. The largest absolute Gasteiger partial charge is 0.402 e. The molecule has 35 heavy (non-hydrogen) atoms. The average molecular weight is 507 g/mol. The Hall–Kier alpha value is -3.37. The molecule has 9 nitrogen and oxygen atoms in total. The number of fused-ring (bicyclic) bond motifs is 2. The molecule has 5 rings (SSSR count). The van der Waals surface area contributed by atoms with E-state index in [1.807, 2.05) is 0 Å². The number of rotatable bonds is 4. The molecule has 2 aliphatic rings. The highest BCUT2D eigenvalue weighted by Gasteiger charge is 2.42. The minimum absolute atomic E-state index is 0.181. The molecule has 13 heteroatoms. The third-order valence-corrected chi connectivity index (χ3v) is 8.38. The standard InChI is InChI=1S/C22H21F3N6O3S/c23-22(24,25)12-30-11-14-9-15(5-6-18(14)35(30,33)34)28-20-19-17(7-8-27-21(19)32)31(29-20)16-4-2-1-3-13(16)10-26/h5-9,13,16H,1-4,11-12H2,(H,27,32)(H,28,29)/t13?,16-/m0/s1. The second kappa shape index (κ2) is 8.39. The highest BCUT2D eigenvalue weighted by Crippen LogP contribution is 2.38. The molecule has 1 saturated carbocycles. The number of nitrogens with one attached hydrogen (secondary N) is 2. The Morgan fingerprint density at radius 2 is 2.00 bits per heavy atom. The number of halogens is 3. The summed E-state index contributed by atoms with van der Waals surface area (Å²) >= 11 is 0. The van der Waals surface area contributed by atoms with E-state index in [-0.39, 0.29) is 39.2 Å². The first kappa shape index (κ1) is 23.4. The van der Waals surface area contributed by atoms with Crippen LogP contribution in [0, 0.1) is 17.2 Å². The number of hydrogen-bond donors (Lipinski definition) is 2. The number of benzene rings is 1. The second-order valence-corrected chi connectivity index (χ2v) is 10.7. The predicted octanol–water partition coefficient (Wildman–Crippen LogP) is 3.79. The van der Waals surface area contributed by atoms with Crippen molar-refractivity contribution in [1.29, 1.82) is 5.26 Å². The summed E-state index contributed by atoms with van der Waals surface area (Å²) in [5.41, 5.74) is 0.765. The van der Waals surface area contributed by atoms with E-state index in [1.165, 1.54) is 24.4 Å². The normalized spacial score (nSPS) is 22.1. The van der Waals surface area contributed by atoms with Crippen molar-refractivity contribution in [3.63, 3.8) is 0 Å². The van der Waals surface area contributed by atoms with E-state index in [1.54, 1.807) is 10.7 Å². The number of hydrogen-bond acceptors (Lipinski definition) is 6. The number of alkyl halides is 3. The SMILES string of the molecule is N#CC1CCCC[C@@H]1n1nc(Nc2ccc3c(c2)CN(CC(F)(F)F)S3(=O)=O)c2c(=O)[nH]ccc21. The lowest BCUT2D eigenvalue weighted by Crippen LogP contribution is -2.34. The van der Waals surface area contributed by atoms with Crippen LogP contribution >= 0.6 is 0 Å². The molecule has 0 amide bonds. The van der Waals surface area contributed by atoms with Crippen LogP contribution in [0.1, 0.15) is 37.3 Å². The maximum Gasteiger partial charge on any atom is 0.402 e. The van der Waals surface area contributed by atoms with Crippen LogP contribution in [0.4, 0.5) is 24.7 Å². The van der Waals surface area contributed by atoms with Crippen molar-refractivity contribution in [1.82, 2.24) is 19.1 Å². The molecule has 184 valence electrons. The summed E-state index contributed by atoms with van der Waals surface area (Å²) in [5.74, 6) is -0.0270. The summed E-state index contributed by atoms with van der Waals surface area (Å²) in [6.07, 6.45) is 0.206. The Labute approximate surface area is 198 Å². The fourth-order valence-electron chi connectivity index (χ4n) is 4.92. The van der Waals surface area contributed by atoms with E-state index < -0.39 is 29.3 Å². The van der Waals surface area contributed by atoms with Gasteiger partial charge < -0.3 is 10.3 Å². The predicted molar refractivity (Wildman–Crippen MR) is 120 cm³/mol. The molecule has 1 fully saturated rings. The Morgan fingerprint density at radius 3 is 2.74 bits per heavy atom. The van der Waals surface area contributed by atoms with Gasteiger partial charge in [0.05, 0.1) is 28.4 Å². The summed E-state index contributed by atoms with van der Waals surface area (Å²) in [6.45, 7) is -1.98. The number of aromatic nitrogens is 3. The number of aromatic amines is 1. The van der Waals surface area contributed by atoms with Crippen molar-refractivity contribution in [2.45, 2.75) is 49.3 Å². The molecular formula is C22H21F3N6O3S. The molecule has 1 unspecified atom stereocenters. The molecule has 0 bridgehead atoms. The number of nitrogens with zero attached hydrogens (tertiary/aromatic N) is 4. The lowest BCUT2D eigenvalue weighted by Gasteiger charge is -2.27. The highest BCUT2D eigenvalue weighted by molar-refractivity contribution is 7.89. The molecule has 1 aliphatic heterocycles. The van der Waals surface area contributed by atoms with Crippen molar-refractivity contribution >= 4 is 32.4 Å². The van der Waals surface area contributed by atoms with Gasteiger partial charge in [-0.3, -0.25) is 9.48 Å². The quantitative estimate of drug-likeness (QED) is 0.555. The summed E-state index contributed by atoms with van der Waals surface area (Å²) < 4.78 is 65.7. The molecule has 0 saturated heterocycles. The zero-order valence-corrected chi connectivity index (χ0v) is 19.2. The van der Waals surface area contributed by atoms with Gasteiger partial charge in [-0.25, -0.2) is 8.42 Å². The first-order valence-corrected chi connectivity index (χ1v) is 12.5. The number of sulfonamides is 1. The Bertz CT molecular complexity index is 1510. The molecular weight excluding hydrogens is 485 g/mol. The van der Waals surface area contributed by atoms with E-state index in [0.29, 0.717) is 15.5 Å². The minimum atomic E-state index is -4.66. The van der Waals surface area contributed by atoms with Gasteiger partial charge in [0, 0.05) is 18.4 Å². The van der Waals surface area contributed by atoms with Crippen LogP contribution in [0.5, 0.6) is 0 Å². The van der Waals surface area contributed by atoms with Crippen molar-refractivity contribution in [2.24, 2.45) is 5.92 Å². The molecule has 1 aromatic carbocycles. The highest BCUT2D eigenvalue weighted by atomic mass is 32.2. The lowest BCUT2D eigenvalue weighted by atomic mass is 9.85. The Balaban J connectivity index is 1.52. The van der Waals surface area contributed by atoms with Gasteiger partial charge in [0.2, 0.25) is 10.0 Å². The van der Waals surface area contributed by atoms with Crippen molar-refractivity contribution < 1.29 is 21.6 Å². The molecule has 2 aromatic heterocycles. The van der Waals surface area contributed by atoms with E-state index in [0.717, 1.165) is 25.7 Å². The smallest absolute Gasteiger partial charge is 0.338 e. The zero-order valence-electron chi connectivity index (χ0n) is 18.3. The fraction of sp³-hybridized carbons (Fsp3) is 0.409. The number of nitriles is 1. The van der Waals surface area contributed by atoms with Crippen LogP contribution in [-0.4, -0.2) is 40.2 Å². The van der Waals surface area contributed by atoms with Crippen molar-refractivity contribution in [3.05, 3.63) is 46.4 Å². The van der Waals surface area contributed by atoms with Gasteiger partial charge in [0.15, 0.2) is 5.82 Å². The van der Waals surface area contributed by atoms with Gasteiger partial charge in [-0.15, -0.1) is 0 Å². The molecule has 3 aromatic rings. The molecule has 2 N–H and O–H groups in total. The van der Waals surface area contributed by atoms with Crippen LogP contribution in [0.25, 0.3) is 10.9 Å². The van der Waals surface area contributed by atoms with Crippen LogP contribution in [0.3, 0.4) is 0 Å². The zero-order chi connectivity index (χ0) is 25.0. The second-order valence-electron chi connectivity index (χ2n) is 8.78. The van der Waals surface area contributed by atoms with Crippen LogP contribution in [-0.2, 0) is 16.6 Å². The number of pyridine rings is 1. The monoisotopic (exact) mass is 506 g/mol. The van der Waals surface area contributed by atoms with Crippen LogP contribution in [0.2, 0.25) is 0 Å². The Morgan fingerprint density at radius 1 is 1.23 bits per heavy atom. The first-order chi connectivity index (χ1) is 16.6. The van der Waals surface area contributed by atoms with Crippen LogP contribution < -0.4 is 10.9 Å². The van der Waals surface area contributed by atoms with E-state index in [4.69, 9.17) is 0 Å². The third-order valence-electron chi connectivity index (χ3n) is 6.48. The first-order valence-electron chi connectivity index (χ1n) is 11.0. The van der Waals surface area contributed by atoms with E-state index in [9.17, 15) is 31.6 Å². The summed E-state index contributed by atoms with van der Waals surface area (Å²) in [5, 5.41) is 17.5. The molecule has 0 spiro atoms.